The van der Waals surface area contributed by atoms with Crippen molar-refractivity contribution < 1.29 is 18.7 Å². The molecular weight excluding hydrogens is 332 g/mol. The highest BCUT2D eigenvalue weighted by atomic mass is 35.5. The Morgan fingerprint density at radius 1 is 1.12 bits per heavy atom. The van der Waals surface area contributed by atoms with E-state index in [0.717, 1.165) is 10.9 Å². The summed E-state index contributed by atoms with van der Waals surface area (Å²) in [5.41, 5.74) is 0.784. The van der Waals surface area contributed by atoms with Gasteiger partial charge in [-0.2, -0.15) is 0 Å². The molecule has 0 radical (unpaired) electrons. The first-order valence-electron chi connectivity index (χ1n) is 7.15. The van der Waals surface area contributed by atoms with Crippen molar-refractivity contribution in [3.8, 4) is 11.5 Å². The smallest absolute Gasteiger partial charge is 0.349 e. The van der Waals surface area contributed by atoms with Gasteiger partial charge in [-0.05, 0) is 42.8 Å². The second-order valence-electron chi connectivity index (χ2n) is 5.13. The lowest BCUT2D eigenvalue weighted by atomic mass is 10.1. The normalized spacial score (nSPS) is 10.6. The molecule has 0 saturated heterocycles. The Morgan fingerprint density at radius 2 is 1.96 bits per heavy atom. The molecule has 122 valence electrons. The van der Waals surface area contributed by atoms with Gasteiger partial charge in [0.15, 0.2) is 6.61 Å². The average Bonchev–Trinajstić information content (AvgIpc) is 2.52. The van der Waals surface area contributed by atoms with Crippen molar-refractivity contribution in [2.45, 2.75) is 6.92 Å². The third-order valence-electron chi connectivity index (χ3n) is 3.31. The van der Waals surface area contributed by atoms with Gasteiger partial charge in [0.05, 0.1) is 0 Å². The van der Waals surface area contributed by atoms with E-state index >= 15 is 0 Å². The van der Waals surface area contributed by atoms with Crippen LogP contribution in [0.3, 0.4) is 0 Å². The van der Waals surface area contributed by atoms with Crippen molar-refractivity contribution >= 4 is 28.5 Å². The van der Waals surface area contributed by atoms with Gasteiger partial charge in [0.2, 0.25) is 0 Å². The van der Waals surface area contributed by atoms with E-state index in [9.17, 15) is 9.59 Å². The van der Waals surface area contributed by atoms with E-state index in [1.165, 1.54) is 12.1 Å². The molecule has 0 atom stereocenters. The van der Waals surface area contributed by atoms with E-state index in [-0.39, 0.29) is 6.61 Å². The molecule has 2 aromatic carbocycles. The summed E-state index contributed by atoms with van der Waals surface area (Å²) in [6.45, 7) is 1.54. The summed E-state index contributed by atoms with van der Waals surface area (Å²) in [5.74, 6) is 0.179. The average molecular weight is 345 g/mol. The molecule has 0 unspecified atom stereocenters. The first-order chi connectivity index (χ1) is 11.5. The summed E-state index contributed by atoms with van der Waals surface area (Å²) >= 11 is 5.82. The maximum atomic E-state index is 11.8. The van der Waals surface area contributed by atoms with E-state index < -0.39 is 11.6 Å². The van der Waals surface area contributed by atoms with E-state index in [4.69, 9.17) is 25.5 Å². The number of aryl methyl sites for hydroxylation is 1. The molecule has 5 nitrogen and oxygen atoms in total. The zero-order valence-corrected chi connectivity index (χ0v) is 13.5. The second kappa shape index (κ2) is 6.76. The number of hydrogen-bond donors (Lipinski definition) is 0. The topological polar surface area (TPSA) is 65.7 Å². The fourth-order valence-electron chi connectivity index (χ4n) is 2.23. The highest BCUT2D eigenvalue weighted by Crippen LogP contribution is 2.22. The van der Waals surface area contributed by atoms with Crippen LogP contribution in [0.5, 0.6) is 11.5 Å². The standard InChI is InChI=1S/C18H13ClO5/c1-11-7-17(20)24-16-9-13(5-6-15(11)16)22-10-18(21)23-14-4-2-3-12(19)8-14/h2-9H,10H2,1H3. The Bertz CT molecular complexity index is 961. The van der Waals surface area contributed by atoms with Crippen molar-refractivity contribution in [3.63, 3.8) is 0 Å². The first-order valence-corrected chi connectivity index (χ1v) is 7.52. The SMILES string of the molecule is Cc1cc(=O)oc2cc(OCC(=O)Oc3cccc(Cl)c3)ccc12. The number of carbonyl (C=O) groups is 1. The predicted molar refractivity (Wildman–Crippen MR) is 89.8 cm³/mol. The minimum atomic E-state index is -0.567. The molecule has 0 fully saturated rings. The van der Waals surface area contributed by atoms with Gasteiger partial charge in [0.25, 0.3) is 0 Å². The van der Waals surface area contributed by atoms with Gasteiger partial charge in [-0.15, -0.1) is 0 Å². The second-order valence-corrected chi connectivity index (χ2v) is 5.56. The van der Waals surface area contributed by atoms with Crippen LogP contribution < -0.4 is 15.1 Å². The van der Waals surface area contributed by atoms with Crippen LogP contribution in [0.25, 0.3) is 11.0 Å². The Morgan fingerprint density at radius 3 is 2.75 bits per heavy atom. The van der Waals surface area contributed by atoms with Crippen molar-refractivity contribution in [1.29, 1.82) is 0 Å². The lowest BCUT2D eigenvalue weighted by Crippen LogP contribution is -2.17. The third kappa shape index (κ3) is 3.75. The van der Waals surface area contributed by atoms with Crippen molar-refractivity contribution in [2.75, 3.05) is 6.61 Å². The van der Waals surface area contributed by atoms with E-state index in [1.807, 2.05) is 6.92 Å². The minimum absolute atomic E-state index is 0.284. The minimum Gasteiger partial charge on any atom is -0.482 e. The van der Waals surface area contributed by atoms with Gasteiger partial charge in [-0.1, -0.05) is 17.7 Å². The highest BCUT2D eigenvalue weighted by molar-refractivity contribution is 6.30. The number of ether oxygens (including phenoxy) is 2. The summed E-state index contributed by atoms with van der Waals surface area (Å²) in [5, 5.41) is 1.28. The molecule has 1 heterocycles. The number of halogens is 1. The zero-order valence-electron chi connectivity index (χ0n) is 12.7. The van der Waals surface area contributed by atoms with Gasteiger partial charge in [-0.25, -0.2) is 9.59 Å². The van der Waals surface area contributed by atoms with Crippen molar-refractivity contribution in [3.05, 3.63) is 69.5 Å². The maximum absolute atomic E-state index is 11.8. The molecule has 0 N–H and O–H groups in total. The fraction of sp³-hybridized carbons (Fsp3) is 0.111. The summed E-state index contributed by atoms with van der Waals surface area (Å²) in [6.07, 6.45) is 0. The number of carbonyl (C=O) groups excluding carboxylic acids is 1. The molecule has 1 aromatic heterocycles. The summed E-state index contributed by atoms with van der Waals surface area (Å²) in [4.78, 5) is 23.2. The summed E-state index contributed by atoms with van der Waals surface area (Å²) in [7, 11) is 0. The Balaban J connectivity index is 1.69. The van der Waals surface area contributed by atoms with Crippen molar-refractivity contribution in [1.82, 2.24) is 0 Å². The molecule has 0 spiro atoms. The third-order valence-corrected chi connectivity index (χ3v) is 3.54. The van der Waals surface area contributed by atoms with E-state index in [2.05, 4.69) is 0 Å². The Kier molecular flexibility index (Phi) is 4.53. The number of esters is 1. The first kappa shape index (κ1) is 16.1. The number of hydrogen-bond acceptors (Lipinski definition) is 5. The van der Waals surface area contributed by atoms with Crippen LogP contribution in [0.1, 0.15) is 5.56 Å². The van der Waals surface area contributed by atoms with E-state index in [1.54, 1.807) is 36.4 Å². The molecule has 0 amide bonds. The number of rotatable bonds is 4. The quantitative estimate of drug-likeness (QED) is 0.410. The maximum Gasteiger partial charge on any atom is 0.349 e. The molecule has 0 aliphatic carbocycles. The lowest BCUT2D eigenvalue weighted by Gasteiger charge is -2.08. The van der Waals surface area contributed by atoms with Gasteiger partial charge < -0.3 is 13.9 Å². The zero-order chi connectivity index (χ0) is 17.1. The molecule has 3 rings (SSSR count). The van der Waals surface area contributed by atoms with Crippen LogP contribution >= 0.6 is 11.6 Å². The van der Waals surface area contributed by atoms with Crippen LogP contribution in [0.15, 0.2) is 57.7 Å². The van der Waals surface area contributed by atoms with Crippen LogP contribution in [0.2, 0.25) is 5.02 Å². The number of benzene rings is 2. The number of fused-ring (bicyclic) bond motifs is 1. The van der Waals surface area contributed by atoms with Gasteiger partial charge in [0, 0.05) is 22.5 Å². The molecule has 0 aliphatic rings. The van der Waals surface area contributed by atoms with Gasteiger partial charge in [-0.3, -0.25) is 0 Å². The highest BCUT2D eigenvalue weighted by Gasteiger charge is 2.08. The van der Waals surface area contributed by atoms with Gasteiger partial charge in [0.1, 0.15) is 17.1 Å². The Hall–Kier alpha value is -2.79. The Labute approximate surface area is 142 Å². The largest absolute Gasteiger partial charge is 0.482 e. The molecule has 24 heavy (non-hydrogen) atoms. The molecule has 0 saturated carbocycles. The van der Waals surface area contributed by atoms with E-state index in [0.29, 0.717) is 22.1 Å². The molecule has 3 aromatic rings. The molecule has 0 bridgehead atoms. The van der Waals surface area contributed by atoms with Crippen molar-refractivity contribution in [2.24, 2.45) is 0 Å². The fourth-order valence-corrected chi connectivity index (χ4v) is 2.41. The monoisotopic (exact) mass is 344 g/mol. The predicted octanol–water partition coefficient (Wildman–Crippen LogP) is 3.74. The lowest BCUT2D eigenvalue weighted by molar-refractivity contribution is -0.136. The van der Waals surface area contributed by atoms with Crippen LogP contribution in [-0.4, -0.2) is 12.6 Å². The molecule has 0 aliphatic heterocycles. The van der Waals surface area contributed by atoms with Gasteiger partial charge >= 0.3 is 11.6 Å². The molecule has 6 heteroatoms. The van der Waals surface area contributed by atoms with Crippen LogP contribution in [0.4, 0.5) is 0 Å². The van der Waals surface area contributed by atoms with Crippen LogP contribution in [-0.2, 0) is 4.79 Å². The summed E-state index contributed by atoms with van der Waals surface area (Å²) in [6, 6.07) is 13.0. The molecular formula is C18H13ClO5. The summed E-state index contributed by atoms with van der Waals surface area (Å²) < 4.78 is 15.6. The van der Waals surface area contributed by atoms with Crippen LogP contribution in [0, 0.1) is 6.92 Å².